The number of hydrogen-bond donors (Lipinski definition) is 2. The number of imidazole rings is 1. The van der Waals surface area contributed by atoms with E-state index in [9.17, 15) is 4.79 Å². The van der Waals surface area contributed by atoms with Gasteiger partial charge in [0.05, 0.1) is 0 Å². The second kappa shape index (κ2) is 11.8. The van der Waals surface area contributed by atoms with Gasteiger partial charge in [-0.15, -0.1) is 0 Å². The van der Waals surface area contributed by atoms with Crippen LogP contribution < -0.4 is 10.6 Å². The van der Waals surface area contributed by atoms with E-state index in [1.807, 2.05) is 89.6 Å². The zero-order valence-electron chi connectivity index (χ0n) is 22.7. The third-order valence-corrected chi connectivity index (χ3v) is 6.76. The summed E-state index contributed by atoms with van der Waals surface area (Å²) in [4.78, 5) is 27.8. The van der Waals surface area contributed by atoms with Crippen molar-refractivity contribution in [2.24, 2.45) is 0 Å². The summed E-state index contributed by atoms with van der Waals surface area (Å²) in [6.45, 7) is 3.42. The number of benzene rings is 3. The minimum Gasteiger partial charge on any atom is -0.354 e. The molecule has 0 aliphatic heterocycles. The van der Waals surface area contributed by atoms with E-state index in [1.54, 1.807) is 10.9 Å². The molecule has 0 bridgehead atoms. The van der Waals surface area contributed by atoms with Crippen LogP contribution in [0, 0.1) is 0 Å². The lowest BCUT2D eigenvalue weighted by Crippen LogP contribution is -2.16. The Morgan fingerprint density at radius 1 is 0.829 bits per heavy atom. The first kappa shape index (κ1) is 25.9. The molecular weight excluding hydrogens is 512 g/mol. The van der Waals surface area contributed by atoms with Crippen LogP contribution in [0.2, 0.25) is 0 Å². The highest BCUT2D eigenvalue weighted by Gasteiger charge is 2.21. The molecule has 0 radical (unpaired) electrons. The molecular formula is C32H30N8O. The van der Waals surface area contributed by atoms with Crippen molar-refractivity contribution >= 4 is 28.8 Å². The van der Waals surface area contributed by atoms with Crippen LogP contribution in [-0.4, -0.2) is 41.8 Å². The summed E-state index contributed by atoms with van der Waals surface area (Å²) < 4.78 is 3.71. The first-order valence-corrected chi connectivity index (χ1v) is 13.7. The van der Waals surface area contributed by atoms with Gasteiger partial charge in [0.25, 0.3) is 5.91 Å². The molecule has 6 rings (SSSR count). The van der Waals surface area contributed by atoms with Crippen molar-refractivity contribution in [2.75, 3.05) is 17.2 Å². The fourth-order valence-corrected chi connectivity index (χ4v) is 4.73. The normalized spacial score (nSPS) is 11.0. The minimum atomic E-state index is -0.273. The number of amides is 1. The SMILES string of the molecule is CCCn1c(-n2cccn2)nc2c(NC(=O)c3ccc(-c4ccccc4)cc3)nc(NCCc3ccccc3)nc21. The Kier molecular flexibility index (Phi) is 7.49. The predicted octanol–water partition coefficient (Wildman–Crippen LogP) is 6.00. The Bertz CT molecular complexity index is 1750. The van der Waals surface area contributed by atoms with Gasteiger partial charge in [0.1, 0.15) is 0 Å². The Balaban J connectivity index is 1.33. The second-order valence-corrected chi connectivity index (χ2v) is 9.64. The Morgan fingerprint density at radius 3 is 2.27 bits per heavy atom. The van der Waals surface area contributed by atoms with Gasteiger partial charge in [-0.2, -0.15) is 15.1 Å². The van der Waals surface area contributed by atoms with Crippen molar-refractivity contribution in [1.29, 1.82) is 0 Å². The largest absolute Gasteiger partial charge is 0.354 e. The predicted molar refractivity (Wildman–Crippen MR) is 161 cm³/mol. The summed E-state index contributed by atoms with van der Waals surface area (Å²) in [7, 11) is 0. The van der Waals surface area contributed by atoms with Gasteiger partial charge in [0.2, 0.25) is 11.9 Å². The molecule has 3 aromatic carbocycles. The molecule has 0 saturated carbocycles. The number of fused-ring (bicyclic) bond motifs is 1. The molecule has 0 fully saturated rings. The molecule has 0 aliphatic carbocycles. The molecule has 1 amide bonds. The molecule has 2 N–H and O–H groups in total. The molecule has 41 heavy (non-hydrogen) atoms. The summed E-state index contributed by atoms with van der Waals surface area (Å²) in [5, 5.41) is 10.7. The molecule has 0 atom stereocenters. The third kappa shape index (κ3) is 5.69. The van der Waals surface area contributed by atoms with E-state index < -0.39 is 0 Å². The lowest BCUT2D eigenvalue weighted by Gasteiger charge is -2.11. The number of hydrogen-bond acceptors (Lipinski definition) is 6. The van der Waals surface area contributed by atoms with E-state index in [0.29, 0.717) is 47.5 Å². The number of rotatable bonds is 10. The van der Waals surface area contributed by atoms with Gasteiger partial charge in [-0.25, -0.2) is 9.67 Å². The smallest absolute Gasteiger partial charge is 0.256 e. The maximum Gasteiger partial charge on any atom is 0.256 e. The van der Waals surface area contributed by atoms with Gasteiger partial charge in [-0.05, 0) is 47.7 Å². The molecule has 0 unspecified atom stereocenters. The fraction of sp³-hybridized carbons (Fsp3) is 0.156. The standard InChI is InChI=1S/C32H30N8O/c1-2-21-39-29-27(35-32(39)40-22-9-19-34-40)28(37-31(38-29)33-20-18-23-10-5-3-6-11-23)36-30(41)26-16-14-25(15-17-26)24-12-7-4-8-13-24/h3-17,19,22H,2,18,20-21H2,1H3,(H2,33,36,37,38,41). The number of aryl methyl sites for hydroxylation is 1. The van der Waals surface area contributed by atoms with E-state index in [1.165, 1.54) is 5.56 Å². The van der Waals surface area contributed by atoms with Crippen LogP contribution >= 0.6 is 0 Å². The Morgan fingerprint density at radius 2 is 1.56 bits per heavy atom. The van der Waals surface area contributed by atoms with Crippen molar-refractivity contribution in [1.82, 2.24) is 29.3 Å². The molecule has 9 heteroatoms. The van der Waals surface area contributed by atoms with E-state index in [0.717, 1.165) is 24.0 Å². The molecule has 204 valence electrons. The summed E-state index contributed by atoms with van der Waals surface area (Å²) in [5.74, 6) is 1.11. The highest BCUT2D eigenvalue weighted by atomic mass is 16.1. The lowest BCUT2D eigenvalue weighted by molar-refractivity contribution is 0.102. The van der Waals surface area contributed by atoms with Crippen molar-refractivity contribution < 1.29 is 4.79 Å². The topological polar surface area (TPSA) is 103 Å². The monoisotopic (exact) mass is 542 g/mol. The second-order valence-electron chi connectivity index (χ2n) is 9.64. The number of aromatic nitrogens is 6. The zero-order chi connectivity index (χ0) is 28.0. The Hall–Kier alpha value is -5.31. The maximum absolute atomic E-state index is 13.4. The van der Waals surface area contributed by atoms with Gasteiger partial charge < -0.3 is 10.6 Å². The van der Waals surface area contributed by atoms with Crippen LogP contribution in [0.15, 0.2) is 103 Å². The fourth-order valence-electron chi connectivity index (χ4n) is 4.73. The van der Waals surface area contributed by atoms with E-state index >= 15 is 0 Å². The van der Waals surface area contributed by atoms with E-state index in [4.69, 9.17) is 15.0 Å². The molecule has 6 aromatic rings. The number of anilines is 2. The first-order valence-electron chi connectivity index (χ1n) is 13.7. The molecule has 0 saturated heterocycles. The molecule has 0 spiro atoms. The van der Waals surface area contributed by atoms with Gasteiger partial charge in [-0.3, -0.25) is 9.36 Å². The maximum atomic E-state index is 13.4. The minimum absolute atomic E-state index is 0.273. The van der Waals surface area contributed by atoms with Crippen LogP contribution in [-0.2, 0) is 13.0 Å². The van der Waals surface area contributed by atoms with Crippen LogP contribution in [0.25, 0.3) is 28.2 Å². The molecule has 9 nitrogen and oxygen atoms in total. The Labute approximate surface area is 237 Å². The van der Waals surface area contributed by atoms with E-state index in [2.05, 4.69) is 34.8 Å². The van der Waals surface area contributed by atoms with Crippen molar-refractivity contribution in [3.8, 4) is 17.1 Å². The van der Waals surface area contributed by atoms with Crippen molar-refractivity contribution in [3.63, 3.8) is 0 Å². The number of nitrogens with one attached hydrogen (secondary N) is 2. The van der Waals surface area contributed by atoms with Gasteiger partial charge in [0, 0.05) is 31.0 Å². The van der Waals surface area contributed by atoms with E-state index in [-0.39, 0.29) is 5.91 Å². The average Bonchev–Trinajstić information content (AvgIpc) is 3.67. The van der Waals surface area contributed by atoms with Crippen LogP contribution in [0.1, 0.15) is 29.3 Å². The molecule has 3 heterocycles. The number of carbonyl (C=O) groups excluding carboxylic acids is 1. The summed E-state index contributed by atoms with van der Waals surface area (Å²) in [6.07, 6.45) is 5.23. The van der Waals surface area contributed by atoms with Crippen LogP contribution in [0.4, 0.5) is 11.8 Å². The van der Waals surface area contributed by atoms with Crippen LogP contribution in [0.5, 0.6) is 0 Å². The number of nitrogens with zero attached hydrogens (tertiary/aromatic N) is 6. The van der Waals surface area contributed by atoms with Crippen LogP contribution in [0.3, 0.4) is 0 Å². The number of carbonyl (C=O) groups is 1. The van der Waals surface area contributed by atoms with Gasteiger partial charge >= 0.3 is 0 Å². The quantitative estimate of drug-likeness (QED) is 0.220. The highest BCUT2D eigenvalue weighted by Crippen LogP contribution is 2.26. The summed E-state index contributed by atoms with van der Waals surface area (Å²) >= 11 is 0. The van der Waals surface area contributed by atoms with Gasteiger partial charge in [-0.1, -0.05) is 79.7 Å². The van der Waals surface area contributed by atoms with Gasteiger partial charge in [0.15, 0.2) is 17.0 Å². The zero-order valence-corrected chi connectivity index (χ0v) is 22.7. The lowest BCUT2D eigenvalue weighted by atomic mass is 10.0. The molecule has 0 aliphatic rings. The highest BCUT2D eigenvalue weighted by molar-refractivity contribution is 6.07. The van der Waals surface area contributed by atoms with Crippen molar-refractivity contribution in [3.05, 3.63) is 115 Å². The first-order chi connectivity index (χ1) is 20.2. The average molecular weight is 543 g/mol. The van der Waals surface area contributed by atoms with Crippen molar-refractivity contribution in [2.45, 2.75) is 26.3 Å². The molecule has 3 aromatic heterocycles. The summed E-state index contributed by atoms with van der Waals surface area (Å²) in [6, 6.07) is 29.7. The third-order valence-electron chi connectivity index (χ3n) is 6.76. The summed E-state index contributed by atoms with van der Waals surface area (Å²) in [5.41, 5.74) is 5.01.